The minimum atomic E-state index is -0.270. The molecule has 1 aliphatic rings. The van der Waals surface area contributed by atoms with E-state index in [4.69, 9.17) is 0 Å². The van der Waals surface area contributed by atoms with Crippen molar-refractivity contribution in [2.45, 2.75) is 19.8 Å². The molecule has 1 heterocycles. The van der Waals surface area contributed by atoms with Crippen molar-refractivity contribution in [3.8, 4) is 0 Å². The first-order valence-electron chi connectivity index (χ1n) is 6.78. The molecular formula is C17H14BrNO2. The van der Waals surface area contributed by atoms with Crippen LogP contribution >= 0.6 is 15.9 Å². The van der Waals surface area contributed by atoms with Gasteiger partial charge in [0, 0.05) is 4.47 Å². The van der Waals surface area contributed by atoms with Crippen LogP contribution in [0.5, 0.6) is 0 Å². The molecule has 0 radical (unpaired) electrons. The minimum absolute atomic E-state index is 0.270. The van der Waals surface area contributed by atoms with E-state index in [1.165, 1.54) is 4.90 Å². The number of hydrogen-bond donors (Lipinski definition) is 0. The standard InChI is InChI=1S/C17H14BrNO2/c1-10(2)11-7-8-15(14(18)9-11)19-16(20)12-5-3-4-6-13(12)17(19)21/h3-10H,1-2H3. The molecule has 0 atom stereocenters. The van der Waals surface area contributed by atoms with Gasteiger partial charge in [0.2, 0.25) is 0 Å². The molecule has 2 aromatic carbocycles. The number of amides is 2. The van der Waals surface area contributed by atoms with Gasteiger partial charge in [-0.25, -0.2) is 4.90 Å². The zero-order chi connectivity index (χ0) is 15.1. The molecule has 0 spiro atoms. The molecule has 3 rings (SSSR count). The van der Waals surface area contributed by atoms with Crippen LogP contribution in [0.2, 0.25) is 0 Å². The van der Waals surface area contributed by atoms with Gasteiger partial charge in [-0.2, -0.15) is 0 Å². The van der Waals surface area contributed by atoms with Gasteiger partial charge in [-0.15, -0.1) is 0 Å². The van der Waals surface area contributed by atoms with Crippen LogP contribution in [0.15, 0.2) is 46.9 Å². The summed E-state index contributed by atoms with van der Waals surface area (Å²) in [6.07, 6.45) is 0. The van der Waals surface area contributed by atoms with Crippen molar-refractivity contribution >= 4 is 33.4 Å². The maximum Gasteiger partial charge on any atom is 0.266 e. The van der Waals surface area contributed by atoms with Crippen LogP contribution in [-0.2, 0) is 0 Å². The quantitative estimate of drug-likeness (QED) is 0.759. The lowest BCUT2D eigenvalue weighted by Crippen LogP contribution is -2.29. The van der Waals surface area contributed by atoms with Crippen molar-refractivity contribution in [2.75, 3.05) is 4.90 Å². The summed E-state index contributed by atoms with van der Waals surface area (Å²) in [5, 5.41) is 0. The van der Waals surface area contributed by atoms with Gasteiger partial charge >= 0.3 is 0 Å². The third kappa shape index (κ3) is 2.20. The Morgan fingerprint density at radius 2 is 1.52 bits per heavy atom. The number of imide groups is 1. The first-order chi connectivity index (χ1) is 10.0. The summed E-state index contributed by atoms with van der Waals surface area (Å²) < 4.78 is 0.753. The van der Waals surface area contributed by atoms with E-state index >= 15 is 0 Å². The van der Waals surface area contributed by atoms with E-state index in [2.05, 4.69) is 29.8 Å². The lowest BCUT2D eigenvalue weighted by atomic mass is 10.0. The summed E-state index contributed by atoms with van der Waals surface area (Å²) in [6.45, 7) is 4.20. The number of benzene rings is 2. The second kappa shape index (κ2) is 5.11. The summed E-state index contributed by atoms with van der Waals surface area (Å²) in [7, 11) is 0. The average molecular weight is 344 g/mol. The Balaban J connectivity index is 2.07. The van der Waals surface area contributed by atoms with Crippen LogP contribution in [0.1, 0.15) is 46.0 Å². The Morgan fingerprint density at radius 1 is 0.952 bits per heavy atom. The molecule has 0 bridgehead atoms. The Morgan fingerprint density at radius 3 is 2.00 bits per heavy atom. The fourth-order valence-electron chi connectivity index (χ4n) is 2.47. The van der Waals surface area contributed by atoms with Crippen LogP contribution in [-0.4, -0.2) is 11.8 Å². The van der Waals surface area contributed by atoms with Crippen LogP contribution in [0.4, 0.5) is 5.69 Å². The van der Waals surface area contributed by atoms with Gasteiger partial charge in [0.25, 0.3) is 11.8 Å². The van der Waals surface area contributed by atoms with Gasteiger partial charge in [-0.05, 0) is 51.7 Å². The summed E-state index contributed by atoms with van der Waals surface area (Å²) in [5.41, 5.74) is 2.66. The van der Waals surface area contributed by atoms with E-state index in [0.717, 1.165) is 10.0 Å². The number of hydrogen-bond acceptors (Lipinski definition) is 2. The van der Waals surface area contributed by atoms with Crippen LogP contribution in [0.25, 0.3) is 0 Å². The Kier molecular flexibility index (Phi) is 3.41. The predicted octanol–water partition coefficient (Wildman–Crippen LogP) is 4.37. The number of rotatable bonds is 2. The van der Waals surface area contributed by atoms with Gasteiger partial charge in [0.15, 0.2) is 0 Å². The second-order valence-corrected chi connectivity index (χ2v) is 6.21. The van der Waals surface area contributed by atoms with Crippen molar-refractivity contribution < 1.29 is 9.59 Å². The number of fused-ring (bicyclic) bond motifs is 1. The predicted molar refractivity (Wildman–Crippen MR) is 85.8 cm³/mol. The minimum Gasteiger partial charge on any atom is -0.268 e. The summed E-state index contributed by atoms with van der Waals surface area (Å²) in [6, 6.07) is 12.6. The van der Waals surface area contributed by atoms with E-state index in [0.29, 0.717) is 22.7 Å². The zero-order valence-electron chi connectivity index (χ0n) is 11.8. The van der Waals surface area contributed by atoms with Gasteiger partial charge in [-0.1, -0.05) is 32.0 Å². The highest BCUT2D eigenvalue weighted by Gasteiger charge is 2.37. The molecule has 3 nitrogen and oxygen atoms in total. The highest BCUT2D eigenvalue weighted by Crippen LogP contribution is 2.35. The molecule has 2 amide bonds. The van der Waals surface area contributed by atoms with E-state index in [9.17, 15) is 9.59 Å². The van der Waals surface area contributed by atoms with Crippen LogP contribution < -0.4 is 4.90 Å². The molecule has 0 N–H and O–H groups in total. The number of anilines is 1. The van der Waals surface area contributed by atoms with Gasteiger partial charge in [0.05, 0.1) is 16.8 Å². The highest BCUT2D eigenvalue weighted by molar-refractivity contribution is 9.10. The van der Waals surface area contributed by atoms with Crippen molar-refractivity contribution in [1.29, 1.82) is 0 Å². The van der Waals surface area contributed by atoms with Crippen LogP contribution in [0.3, 0.4) is 0 Å². The third-order valence-electron chi connectivity index (χ3n) is 3.67. The van der Waals surface area contributed by atoms with Crippen molar-refractivity contribution in [2.24, 2.45) is 0 Å². The third-order valence-corrected chi connectivity index (χ3v) is 4.31. The number of carbonyl (C=O) groups is 2. The number of nitrogens with zero attached hydrogens (tertiary/aromatic N) is 1. The number of carbonyl (C=O) groups excluding carboxylic acids is 2. The summed E-state index contributed by atoms with van der Waals surface area (Å²) >= 11 is 3.48. The SMILES string of the molecule is CC(C)c1ccc(N2C(=O)c3ccccc3C2=O)c(Br)c1. The first kappa shape index (κ1) is 14.0. The Hall–Kier alpha value is -1.94. The van der Waals surface area contributed by atoms with E-state index in [1.807, 2.05) is 18.2 Å². The fourth-order valence-corrected chi connectivity index (χ4v) is 3.05. The number of halogens is 1. The molecule has 4 heteroatoms. The lowest BCUT2D eigenvalue weighted by Gasteiger charge is -2.17. The monoisotopic (exact) mass is 343 g/mol. The zero-order valence-corrected chi connectivity index (χ0v) is 13.3. The molecule has 106 valence electrons. The summed E-state index contributed by atoms with van der Waals surface area (Å²) in [4.78, 5) is 26.2. The highest BCUT2D eigenvalue weighted by atomic mass is 79.9. The molecule has 21 heavy (non-hydrogen) atoms. The molecule has 2 aromatic rings. The smallest absolute Gasteiger partial charge is 0.266 e. The molecular weight excluding hydrogens is 330 g/mol. The normalized spacial score (nSPS) is 14.0. The largest absolute Gasteiger partial charge is 0.268 e. The van der Waals surface area contributed by atoms with Gasteiger partial charge < -0.3 is 0 Å². The van der Waals surface area contributed by atoms with E-state index in [1.54, 1.807) is 24.3 Å². The van der Waals surface area contributed by atoms with Crippen molar-refractivity contribution in [3.05, 3.63) is 63.6 Å². The van der Waals surface area contributed by atoms with E-state index < -0.39 is 0 Å². The maximum absolute atomic E-state index is 12.5. The lowest BCUT2D eigenvalue weighted by molar-refractivity contribution is 0.0926. The van der Waals surface area contributed by atoms with E-state index in [-0.39, 0.29) is 11.8 Å². The summed E-state index contributed by atoms with van der Waals surface area (Å²) in [5.74, 6) is -0.153. The molecule has 0 saturated heterocycles. The molecule has 0 unspecified atom stereocenters. The fraction of sp³-hybridized carbons (Fsp3) is 0.176. The molecule has 0 aromatic heterocycles. The Labute approximate surface area is 131 Å². The average Bonchev–Trinajstić information content (AvgIpc) is 2.72. The van der Waals surface area contributed by atoms with Crippen molar-refractivity contribution in [3.63, 3.8) is 0 Å². The second-order valence-electron chi connectivity index (χ2n) is 5.36. The Bertz CT molecular complexity index is 717. The van der Waals surface area contributed by atoms with Gasteiger partial charge in [0.1, 0.15) is 0 Å². The topological polar surface area (TPSA) is 37.4 Å². The molecule has 0 aliphatic carbocycles. The maximum atomic E-state index is 12.5. The van der Waals surface area contributed by atoms with Crippen molar-refractivity contribution in [1.82, 2.24) is 0 Å². The van der Waals surface area contributed by atoms with Crippen LogP contribution in [0, 0.1) is 0 Å². The van der Waals surface area contributed by atoms with Gasteiger partial charge in [-0.3, -0.25) is 9.59 Å². The first-order valence-corrected chi connectivity index (χ1v) is 7.57. The molecule has 0 fully saturated rings. The molecule has 0 saturated carbocycles. The molecule has 1 aliphatic heterocycles.